The molecule has 1 aromatic carbocycles. The van der Waals surface area contributed by atoms with Gasteiger partial charge in [0.1, 0.15) is 12.4 Å². The molecule has 1 aliphatic carbocycles. The molecule has 6 nitrogen and oxygen atoms in total. The van der Waals surface area contributed by atoms with Gasteiger partial charge < -0.3 is 19.6 Å². The van der Waals surface area contributed by atoms with E-state index in [-0.39, 0.29) is 11.9 Å². The highest BCUT2D eigenvalue weighted by Crippen LogP contribution is 2.41. The standard InChI is InChI=1S/C32H40ClN3O3/c1-22(37)36(19-23-8-11-25(33)12-9-23)26-14-17-35(20-26)16-5-7-27-28-6-4-15-34-30(28)21-39-31-13-10-24(18-29(27)31)32(2,3)38/h7-8,10-11,13,15,18,26,38H,4-6,9,12,14,16-17,19-21H2,1-3H3/b27-7+/t26-/m0/s1. The number of carbonyl (C=O) groups is 1. The van der Waals surface area contributed by atoms with Crippen molar-refractivity contribution in [3.8, 4) is 5.75 Å². The van der Waals surface area contributed by atoms with E-state index < -0.39 is 5.60 Å². The summed E-state index contributed by atoms with van der Waals surface area (Å²) in [6.07, 6.45) is 13.9. The van der Waals surface area contributed by atoms with E-state index in [9.17, 15) is 9.90 Å². The molecule has 7 heteroatoms. The highest BCUT2D eigenvalue weighted by molar-refractivity contribution is 6.29. The molecule has 0 unspecified atom stereocenters. The van der Waals surface area contributed by atoms with Crippen molar-refractivity contribution in [1.82, 2.24) is 9.80 Å². The summed E-state index contributed by atoms with van der Waals surface area (Å²) in [5.41, 5.74) is 5.68. The van der Waals surface area contributed by atoms with E-state index in [4.69, 9.17) is 16.3 Å². The van der Waals surface area contributed by atoms with Crippen LogP contribution in [0.5, 0.6) is 5.75 Å². The Morgan fingerprint density at radius 3 is 2.87 bits per heavy atom. The largest absolute Gasteiger partial charge is 0.487 e. The molecule has 0 bridgehead atoms. The Balaban J connectivity index is 1.30. The van der Waals surface area contributed by atoms with Gasteiger partial charge in [0, 0.05) is 56.0 Å². The number of nitrogens with zero attached hydrogens (tertiary/aromatic N) is 3. The van der Waals surface area contributed by atoms with Crippen molar-refractivity contribution in [2.45, 2.75) is 70.9 Å². The number of amides is 1. The van der Waals surface area contributed by atoms with E-state index in [1.54, 1.807) is 6.92 Å². The maximum absolute atomic E-state index is 12.6. The van der Waals surface area contributed by atoms with Crippen LogP contribution in [0.3, 0.4) is 0 Å². The smallest absolute Gasteiger partial charge is 0.220 e. The zero-order valence-electron chi connectivity index (χ0n) is 23.4. The highest BCUT2D eigenvalue weighted by atomic mass is 35.5. The van der Waals surface area contributed by atoms with Gasteiger partial charge in [-0.1, -0.05) is 35.4 Å². The normalized spacial score (nSPS) is 22.6. The molecule has 1 fully saturated rings. The number of ether oxygens (including phenoxy) is 1. The van der Waals surface area contributed by atoms with Crippen molar-refractivity contribution in [3.63, 3.8) is 0 Å². The van der Waals surface area contributed by atoms with Crippen molar-refractivity contribution in [3.05, 3.63) is 69.4 Å². The molecule has 3 aliphatic heterocycles. The Kier molecular flexibility index (Phi) is 8.46. The second kappa shape index (κ2) is 11.8. The van der Waals surface area contributed by atoms with Crippen LogP contribution in [0, 0.1) is 0 Å². The molecule has 0 aromatic heterocycles. The summed E-state index contributed by atoms with van der Waals surface area (Å²) in [5.74, 6) is 0.978. The second-order valence-corrected chi connectivity index (χ2v) is 12.1. The maximum Gasteiger partial charge on any atom is 0.220 e. The van der Waals surface area contributed by atoms with Gasteiger partial charge in [-0.15, -0.1) is 0 Å². The fourth-order valence-electron chi connectivity index (χ4n) is 5.97. The Hall–Kier alpha value is -2.67. The average Bonchev–Trinajstić information content (AvgIpc) is 3.31. The lowest BCUT2D eigenvalue weighted by atomic mass is 9.88. The molecule has 1 amide bonds. The average molecular weight is 550 g/mol. The molecular formula is C32H40ClN3O3. The Morgan fingerprint density at radius 2 is 2.13 bits per heavy atom. The molecular weight excluding hydrogens is 510 g/mol. The number of rotatable bonds is 7. The van der Waals surface area contributed by atoms with E-state index in [2.05, 4.69) is 28.1 Å². The van der Waals surface area contributed by atoms with Crippen LogP contribution in [0.15, 0.2) is 63.3 Å². The number of hydrogen-bond acceptors (Lipinski definition) is 5. The molecule has 39 heavy (non-hydrogen) atoms. The minimum Gasteiger partial charge on any atom is -0.487 e. The summed E-state index contributed by atoms with van der Waals surface area (Å²) < 4.78 is 6.17. The van der Waals surface area contributed by atoms with Gasteiger partial charge in [-0.05, 0) is 87.3 Å². The predicted molar refractivity (Wildman–Crippen MR) is 158 cm³/mol. The van der Waals surface area contributed by atoms with E-state index >= 15 is 0 Å². The topological polar surface area (TPSA) is 65.4 Å². The van der Waals surface area contributed by atoms with Gasteiger partial charge >= 0.3 is 0 Å². The quantitative estimate of drug-likeness (QED) is 0.455. The van der Waals surface area contributed by atoms with E-state index in [0.717, 1.165) is 85.8 Å². The summed E-state index contributed by atoms with van der Waals surface area (Å²) in [4.78, 5) is 21.8. The maximum atomic E-state index is 12.6. The third-order valence-corrected chi connectivity index (χ3v) is 8.54. The number of aliphatic hydroxyl groups is 1. The van der Waals surface area contributed by atoms with Gasteiger partial charge in [0.25, 0.3) is 0 Å². The van der Waals surface area contributed by atoms with Crippen LogP contribution in [-0.2, 0) is 10.4 Å². The number of benzene rings is 1. The lowest BCUT2D eigenvalue weighted by Gasteiger charge is -2.30. The molecule has 5 rings (SSSR count). The number of hydrogen-bond donors (Lipinski definition) is 1. The minimum absolute atomic E-state index is 0.139. The third-order valence-electron chi connectivity index (χ3n) is 8.23. The van der Waals surface area contributed by atoms with Crippen molar-refractivity contribution < 1.29 is 14.6 Å². The first-order chi connectivity index (χ1) is 18.7. The molecule has 0 radical (unpaired) electrons. The van der Waals surface area contributed by atoms with Crippen LogP contribution < -0.4 is 4.74 Å². The number of likely N-dealkylation sites (tertiary alicyclic amines) is 1. The second-order valence-electron chi connectivity index (χ2n) is 11.6. The summed E-state index contributed by atoms with van der Waals surface area (Å²) in [6, 6.07) is 6.24. The number of carbonyl (C=O) groups excluding carboxylic acids is 1. The third kappa shape index (κ3) is 6.56. The fourth-order valence-corrected chi connectivity index (χ4v) is 6.13. The minimum atomic E-state index is -0.933. The summed E-state index contributed by atoms with van der Waals surface area (Å²) in [6.45, 7) is 9.29. The number of fused-ring (bicyclic) bond motifs is 1. The Labute approximate surface area is 237 Å². The number of halogens is 1. The molecule has 0 saturated carbocycles. The summed E-state index contributed by atoms with van der Waals surface area (Å²) in [5, 5.41) is 11.6. The van der Waals surface area contributed by atoms with Crippen molar-refractivity contribution >= 4 is 29.3 Å². The van der Waals surface area contributed by atoms with E-state index in [1.807, 2.05) is 43.2 Å². The van der Waals surface area contributed by atoms with Gasteiger partial charge in [0.05, 0.1) is 11.3 Å². The van der Waals surface area contributed by atoms with Crippen molar-refractivity contribution in [2.24, 2.45) is 4.99 Å². The van der Waals surface area contributed by atoms with Crippen LogP contribution >= 0.6 is 11.6 Å². The molecule has 1 atom stereocenters. The highest BCUT2D eigenvalue weighted by Gasteiger charge is 2.30. The molecule has 0 spiro atoms. The van der Waals surface area contributed by atoms with E-state index in [1.165, 1.54) is 16.7 Å². The predicted octanol–water partition coefficient (Wildman–Crippen LogP) is 5.96. The van der Waals surface area contributed by atoms with Crippen molar-refractivity contribution in [1.29, 1.82) is 0 Å². The summed E-state index contributed by atoms with van der Waals surface area (Å²) >= 11 is 6.13. The molecule has 1 saturated heterocycles. The first-order valence-electron chi connectivity index (χ1n) is 14.2. The van der Waals surface area contributed by atoms with Crippen LogP contribution in [-0.4, -0.2) is 65.9 Å². The molecule has 208 valence electrons. The Bertz CT molecular complexity index is 1270. The van der Waals surface area contributed by atoms with Gasteiger partial charge in [-0.25, -0.2) is 0 Å². The van der Waals surface area contributed by atoms with Crippen LogP contribution in [0.2, 0.25) is 0 Å². The van der Waals surface area contributed by atoms with Gasteiger partial charge in [0.2, 0.25) is 5.91 Å². The first kappa shape index (κ1) is 27.9. The van der Waals surface area contributed by atoms with Gasteiger partial charge in [-0.3, -0.25) is 9.79 Å². The SMILES string of the molecule is CC(=O)N(CC1=CC=C(Cl)CC1)[C@H]1CCN(CC/C=C2\C3=C(COc4ccc(C(C)(C)O)cc42)N=CCC3)C1. The van der Waals surface area contributed by atoms with Crippen LogP contribution in [0.25, 0.3) is 5.57 Å². The van der Waals surface area contributed by atoms with Crippen LogP contribution in [0.1, 0.15) is 70.4 Å². The zero-order chi connectivity index (χ0) is 27.6. The number of aliphatic imine (C=N–C) groups is 1. The monoisotopic (exact) mass is 549 g/mol. The fraction of sp³-hybridized carbons (Fsp3) is 0.500. The first-order valence-corrected chi connectivity index (χ1v) is 14.6. The Morgan fingerprint density at radius 1 is 1.28 bits per heavy atom. The van der Waals surface area contributed by atoms with Gasteiger partial charge in [0.15, 0.2) is 0 Å². The molecule has 1 N–H and O–H groups in total. The molecule has 1 aromatic rings. The van der Waals surface area contributed by atoms with Gasteiger partial charge in [-0.2, -0.15) is 0 Å². The van der Waals surface area contributed by atoms with E-state index in [0.29, 0.717) is 13.2 Å². The lowest BCUT2D eigenvalue weighted by Crippen LogP contribution is -2.42. The number of allylic oxidation sites excluding steroid dienone is 5. The molecule has 4 aliphatic rings. The zero-order valence-corrected chi connectivity index (χ0v) is 24.1. The van der Waals surface area contributed by atoms with Crippen molar-refractivity contribution in [2.75, 3.05) is 32.8 Å². The lowest BCUT2D eigenvalue weighted by molar-refractivity contribution is -0.130. The summed E-state index contributed by atoms with van der Waals surface area (Å²) in [7, 11) is 0. The molecule has 3 heterocycles. The van der Waals surface area contributed by atoms with Crippen LogP contribution in [0.4, 0.5) is 0 Å².